The number of carbonyl (C=O) groups is 2. The fourth-order valence-electron chi connectivity index (χ4n) is 4.47. The van der Waals surface area contributed by atoms with Crippen LogP contribution >= 0.6 is 0 Å². The summed E-state index contributed by atoms with van der Waals surface area (Å²) >= 11 is 0. The molecule has 0 saturated heterocycles. The van der Waals surface area contributed by atoms with E-state index in [0.29, 0.717) is 17.7 Å². The highest BCUT2D eigenvalue weighted by Crippen LogP contribution is 2.22. The van der Waals surface area contributed by atoms with Gasteiger partial charge in [-0.3, -0.25) is 13.9 Å². The number of sulfonamides is 1. The fraction of sp³-hybridized carbons (Fsp3) is 0.462. The molecule has 2 aromatic carbocycles. The molecule has 0 spiro atoms. The Balaban J connectivity index is 1.91. The maximum Gasteiger partial charge on any atom is 0.244 e. The molecule has 1 saturated carbocycles. The zero-order chi connectivity index (χ0) is 25.6. The van der Waals surface area contributed by atoms with Crippen LogP contribution < -0.4 is 9.62 Å². The maximum absolute atomic E-state index is 13.6. The third-order valence-corrected chi connectivity index (χ3v) is 7.46. The van der Waals surface area contributed by atoms with Crippen molar-refractivity contribution in [3.63, 3.8) is 0 Å². The normalized spacial score (nSPS) is 15.0. The van der Waals surface area contributed by atoms with Crippen molar-refractivity contribution in [1.82, 2.24) is 10.2 Å². The highest BCUT2D eigenvalue weighted by atomic mass is 32.2. The van der Waals surface area contributed by atoms with E-state index in [1.54, 1.807) is 30.3 Å². The molecule has 0 aromatic heterocycles. The van der Waals surface area contributed by atoms with Crippen molar-refractivity contribution in [2.75, 3.05) is 17.1 Å². The van der Waals surface area contributed by atoms with Crippen LogP contribution in [-0.4, -0.2) is 50.0 Å². The topological polar surface area (TPSA) is 86.8 Å². The Hall–Kier alpha value is -2.94. The predicted octanol–water partition coefficient (Wildman–Crippen LogP) is 3.77. The van der Waals surface area contributed by atoms with Crippen molar-refractivity contribution in [3.05, 3.63) is 65.5 Å². The van der Waals surface area contributed by atoms with Gasteiger partial charge in [0.05, 0.1) is 11.9 Å². The van der Waals surface area contributed by atoms with Crippen LogP contribution in [0.25, 0.3) is 0 Å². The number of anilines is 1. The lowest BCUT2D eigenvalue weighted by atomic mass is 10.1. The third kappa shape index (κ3) is 7.27. The van der Waals surface area contributed by atoms with Gasteiger partial charge < -0.3 is 10.2 Å². The van der Waals surface area contributed by atoms with E-state index >= 15 is 0 Å². The number of halogens is 1. The second kappa shape index (κ2) is 11.7. The lowest BCUT2D eigenvalue weighted by molar-refractivity contribution is -0.140. The summed E-state index contributed by atoms with van der Waals surface area (Å²) in [4.78, 5) is 28.3. The van der Waals surface area contributed by atoms with E-state index in [4.69, 9.17) is 0 Å². The van der Waals surface area contributed by atoms with Crippen LogP contribution in [0.15, 0.2) is 48.5 Å². The molecule has 0 radical (unpaired) electrons. The molecule has 0 heterocycles. The summed E-state index contributed by atoms with van der Waals surface area (Å²) in [6.07, 6.45) is 5.33. The molecule has 1 aliphatic carbocycles. The summed E-state index contributed by atoms with van der Waals surface area (Å²) in [6, 6.07) is 11.9. The van der Waals surface area contributed by atoms with Crippen LogP contribution in [0.5, 0.6) is 0 Å². The highest BCUT2D eigenvalue weighted by molar-refractivity contribution is 7.92. The molecule has 9 heteroatoms. The standard InChI is InChI=1S/C26H34FN3O4S/c1-4-24(26(32)28-22-9-5-6-10-22)29(17-20-12-14-21(27)15-13-20)25(31)18-30(35(3,33)34)23-11-7-8-19(2)16-23/h7-8,11-16,22,24H,4-6,9-10,17-18H2,1-3H3,(H,28,32). The quantitative estimate of drug-likeness (QED) is 0.535. The van der Waals surface area contributed by atoms with E-state index in [1.165, 1.54) is 17.0 Å². The Labute approximate surface area is 207 Å². The van der Waals surface area contributed by atoms with Gasteiger partial charge in [-0.25, -0.2) is 12.8 Å². The van der Waals surface area contributed by atoms with Crippen molar-refractivity contribution in [3.8, 4) is 0 Å². The van der Waals surface area contributed by atoms with E-state index in [-0.39, 0.29) is 18.5 Å². The van der Waals surface area contributed by atoms with Gasteiger partial charge in [-0.05, 0) is 61.6 Å². The van der Waals surface area contributed by atoms with Gasteiger partial charge in [-0.2, -0.15) is 0 Å². The summed E-state index contributed by atoms with van der Waals surface area (Å²) in [5, 5.41) is 3.06. The van der Waals surface area contributed by atoms with Crippen LogP contribution in [0.3, 0.4) is 0 Å². The number of hydrogen-bond donors (Lipinski definition) is 1. The molecule has 1 fully saturated rings. The van der Waals surface area contributed by atoms with Crippen LogP contribution in [0.2, 0.25) is 0 Å². The number of nitrogens with zero attached hydrogens (tertiary/aromatic N) is 2. The first-order chi connectivity index (χ1) is 16.6. The van der Waals surface area contributed by atoms with E-state index < -0.39 is 34.3 Å². The lowest BCUT2D eigenvalue weighted by Crippen LogP contribution is -2.53. The van der Waals surface area contributed by atoms with Crippen molar-refractivity contribution in [1.29, 1.82) is 0 Å². The van der Waals surface area contributed by atoms with E-state index in [1.807, 2.05) is 19.9 Å². The molecule has 190 valence electrons. The SMILES string of the molecule is CCC(C(=O)NC1CCCC1)N(Cc1ccc(F)cc1)C(=O)CN(c1cccc(C)c1)S(C)(=O)=O. The molecule has 7 nitrogen and oxygen atoms in total. The van der Waals surface area contributed by atoms with Crippen molar-refractivity contribution >= 4 is 27.5 Å². The van der Waals surface area contributed by atoms with Gasteiger partial charge in [0, 0.05) is 12.6 Å². The minimum absolute atomic E-state index is 0.0567. The molecule has 3 rings (SSSR count). The first-order valence-electron chi connectivity index (χ1n) is 12.0. The van der Waals surface area contributed by atoms with Crippen molar-refractivity contribution in [2.45, 2.75) is 64.6 Å². The van der Waals surface area contributed by atoms with E-state index in [9.17, 15) is 22.4 Å². The number of aryl methyl sites for hydroxylation is 1. The molecule has 0 aliphatic heterocycles. The Morgan fingerprint density at radius 1 is 1.11 bits per heavy atom. The summed E-state index contributed by atoms with van der Waals surface area (Å²) in [5.41, 5.74) is 1.88. The molecule has 1 unspecified atom stereocenters. The lowest BCUT2D eigenvalue weighted by Gasteiger charge is -2.33. The van der Waals surface area contributed by atoms with Gasteiger partial charge >= 0.3 is 0 Å². The summed E-state index contributed by atoms with van der Waals surface area (Å²) in [7, 11) is -3.78. The molecular weight excluding hydrogens is 469 g/mol. The second-order valence-electron chi connectivity index (χ2n) is 9.17. The van der Waals surface area contributed by atoms with Gasteiger partial charge in [0.25, 0.3) is 0 Å². The summed E-state index contributed by atoms with van der Waals surface area (Å²) < 4.78 is 39.8. The van der Waals surface area contributed by atoms with Crippen LogP contribution in [0.1, 0.15) is 50.2 Å². The number of benzene rings is 2. The molecule has 0 bridgehead atoms. The van der Waals surface area contributed by atoms with Crippen LogP contribution in [0, 0.1) is 12.7 Å². The minimum atomic E-state index is -3.78. The van der Waals surface area contributed by atoms with Crippen molar-refractivity contribution < 1.29 is 22.4 Å². The highest BCUT2D eigenvalue weighted by Gasteiger charge is 2.33. The van der Waals surface area contributed by atoms with Gasteiger partial charge in [0.15, 0.2) is 0 Å². The average Bonchev–Trinajstić information content (AvgIpc) is 3.30. The minimum Gasteiger partial charge on any atom is -0.352 e. The van der Waals surface area contributed by atoms with Crippen LogP contribution in [0.4, 0.5) is 10.1 Å². The Morgan fingerprint density at radius 2 is 1.77 bits per heavy atom. The number of nitrogens with one attached hydrogen (secondary N) is 1. The first kappa shape index (κ1) is 26.7. The average molecular weight is 504 g/mol. The zero-order valence-corrected chi connectivity index (χ0v) is 21.4. The molecular formula is C26H34FN3O4S. The number of carbonyl (C=O) groups excluding carboxylic acids is 2. The van der Waals surface area contributed by atoms with Gasteiger partial charge in [0.1, 0.15) is 18.4 Å². The molecule has 1 atom stereocenters. The molecule has 1 aliphatic rings. The fourth-order valence-corrected chi connectivity index (χ4v) is 5.31. The Kier molecular flexibility index (Phi) is 8.88. The smallest absolute Gasteiger partial charge is 0.244 e. The number of amides is 2. The van der Waals surface area contributed by atoms with Crippen LogP contribution in [-0.2, 0) is 26.2 Å². The van der Waals surface area contributed by atoms with E-state index in [0.717, 1.165) is 41.8 Å². The second-order valence-corrected chi connectivity index (χ2v) is 11.1. The molecule has 1 N–H and O–H groups in total. The largest absolute Gasteiger partial charge is 0.352 e. The van der Waals surface area contributed by atoms with Gasteiger partial charge in [-0.15, -0.1) is 0 Å². The number of rotatable bonds is 10. The first-order valence-corrected chi connectivity index (χ1v) is 13.8. The van der Waals surface area contributed by atoms with Gasteiger partial charge in [0.2, 0.25) is 21.8 Å². The monoisotopic (exact) mass is 503 g/mol. The summed E-state index contributed by atoms with van der Waals surface area (Å²) in [5.74, 6) is -1.16. The Bertz CT molecular complexity index is 1130. The maximum atomic E-state index is 13.6. The number of hydrogen-bond acceptors (Lipinski definition) is 4. The molecule has 35 heavy (non-hydrogen) atoms. The molecule has 2 amide bonds. The third-order valence-electron chi connectivity index (χ3n) is 6.32. The summed E-state index contributed by atoms with van der Waals surface area (Å²) in [6.45, 7) is 3.27. The zero-order valence-electron chi connectivity index (χ0n) is 20.5. The Morgan fingerprint density at radius 3 is 2.34 bits per heavy atom. The predicted molar refractivity (Wildman–Crippen MR) is 135 cm³/mol. The van der Waals surface area contributed by atoms with Gasteiger partial charge in [-0.1, -0.05) is 44.0 Å². The molecule has 2 aromatic rings. The van der Waals surface area contributed by atoms with Crippen molar-refractivity contribution in [2.24, 2.45) is 0 Å². The van der Waals surface area contributed by atoms with E-state index in [2.05, 4.69) is 5.32 Å².